The number of benzene rings is 1. The van der Waals surface area contributed by atoms with Gasteiger partial charge in [0.15, 0.2) is 0 Å². The first-order valence-corrected chi connectivity index (χ1v) is 8.99. The van der Waals surface area contributed by atoms with Gasteiger partial charge in [0.05, 0.1) is 6.04 Å². The van der Waals surface area contributed by atoms with Crippen LogP contribution < -0.4 is 5.32 Å². The Hall–Kier alpha value is -1.36. The molecule has 4 nitrogen and oxygen atoms in total. The van der Waals surface area contributed by atoms with Crippen LogP contribution in [-0.2, 0) is 4.74 Å². The molecule has 1 aromatic rings. The van der Waals surface area contributed by atoms with Crippen molar-refractivity contribution in [3.05, 3.63) is 24.3 Å². The van der Waals surface area contributed by atoms with Gasteiger partial charge in [-0.2, -0.15) is 0 Å². The van der Waals surface area contributed by atoms with Gasteiger partial charge in [-0.1, -0.05) is 0 Å². The summed E-state index contributed by atoms with van der Waals surface area (Å²) in [7, 11) is 0. The fourth-order valence-electron chi connectivity index (χ4n) is 2.55. The van der Waals surface area contributed by atoms with E-state index < -0.39 is 5.60 Å². The second-order valence-electron chi connectivity index (χ2n) is 6.58. The molecule has 0 bridgehead atoms. The van der Waals surface area contributed by atoms with E-state index >= 15 is 0 Å². The Labute approximate surface area is 137 Å². The van der Waals surface area contributed by atoms with E-state index in [9.17, 15) is 4.79 Å². The van der Waals surface area contributed by atoms with E-state index in [1.54, 1.807) is 11.8 Å². The first kappa shape index (κ1) is 17.0. The molecule has 1 amide bonds. The Morgan fingerprint density at radius 3 is 2.64 bits per heavy atom. The van der Waals surface area contributed by atoms with Crippen molar-refractivity contribution >= 4 is 23.5 Å². The predicted molar refractivity (Wildman–Crippen MR) is 92.7 cm³/mol. The van der Waals surface area contributed by atoms with Crippen LogP contribution in [0.3, 0.4) is 0 Å². The highest BCUT2D eigenvalue weighted by Gasteiger charge is 2.31. The van der Waals surface area contributed by atoms with Crippen molar-refractivity contribution in [3.8, 4) is 0 Å². The second-order valence-corrected chi connectivity index (χ2v) is 7.46. The summed E-state index contributed by atoms with van der Waals surface area (Å²) in [5.41, 5.74) is 0.652. The second kappa shape index (κ2) is 7.27. The molecule has 0 saturated carbocycles. The van der Waals surface area contributed by atoms with E-state index in [1.807, 2.05) is 25.7 Å². The number of ether oxygens (including phenoxy) is 1. The highest BCUT2D eigenvalue weighted by atomic mass is 32.2. The van der Waals surface area contributed by atoms with E-state index in [2.05, 4.69) is 35.8 Å². The molecule has 2 rings (SSSR count). The molecule has 122 valence electrons. The molecule has 1 aliphatic rings. The Balaban J connectivity index is 1.89. The number of nitrogens with one attached hydrogen (secondary N) is 1. The molecule has 1 atom stereocenters. The van der Waals surface area contributed by atoms with E-state index in [0.717, 1.165) is 31.6 Å². The van der Waals surface area contributed by atoms with Crippen LogP contribution in [0.25, 0.3) is 0 Å². The number of anilines is 1. The molecule has 0 aromatic heterocycles. The average Bonchev–Trinajstić information content (AvgIpc) is 2.92. The summed E-state index contributed by atoms with van der Waals surface area (Å²) in [5.74, 6) is 0. The van der Waals surface area contributed by atoms with Crippen LogP contribution >= 0.6 is 11.8 Å². The Morgan fingerprint density at radius 1 is 1.36 bits per heavy atom. The van der Waals surface area contributed by atoms with Crippen molar-refractivity contribution in [1.82, 2.24) is 4.90 Å². The number of thioether (sulfide) groups is 1. The van der Waals surface area contributed by atoms with Crippen LogP contribution in [-0.4, -0.2) is 42.0 Å². The zero-order valence-electron chi connectivity index (χ0n) is 13.9. The quantitative estimate of drug-likeness (QED) is 0.843. The maximum absolute atomic E-state index is 12.2. The van der Waals surface area contributed by atoms with Crippen molar-refractivity contribution in [2.24, 2.45) is 0 Å². The molecule has 1 aromatic carbocycles. The molecule has 22 heavy (non-hydrogen) atoms. The Morgan fingerprint density at radius 2 is 2.05 bits per heavy atom. The smallest absolute Gasteiger partial charge is 0.410 e. The minimum absolute atomic E-state index is 0.200. The van der Waals surface area contributed by atoms with Crippen LogP contribution in [0, 0.1) is 0 Å². The summed E-state index contributed by atoms with van der Waals surface area (Å²) in [6.07, 6.45) is 3.93. The molecular formula is C17H26N2O2S. The first-order chi connectivity index (χ1) is 10.4. The van der Waals surface area contributed by atoms with Gasteiger partial charge < -0.3 is 15.0 Å². The largest absolute Gasteiger partial charge is 0.444 e. The van der Waals surface area contributed by atoms with E-state index in [4.69, 9.17) is 4.74 Å². The highest BCUT2D eigenvalue weighted by Crippen LogP contribution is 2.22. The van der Waals surface area contributed by atoms with E-state index in [1.165, 1.54) is 4.90 Å². The fraction of sp³-hybridized carbons (Fsp3) is 0.588. The summed E-state index contributed by atoms with van der Waals surface area (Å²) in [5, 5.41) is 3.43. The van der Waals surface area contributed by atoms with Crippen LogP contribution in [0.1, 0.15) is 33.6 Å². The highest BCUT2D eigenvalue weighted by molar-refractivity contribution is 7.98. The number of amides is 1. The number of carbonyl (C=O) groups is 1. The van der Waals surface area contributed by atoms with Crippen molar-refractivity contribution < 1.29 is 9.53 Å². The van der Waals surface area contributed by atoms with Crippen LogP contribution in [0.2, 0.25) is 0 Å². The Bertz CT molecular complexity index is 496. The third-order valence-electron chi connectivity index (χ3n) is 3.64. The van der Waals surface area contributed by atoms with Crippen LogP contribution in [0.5, 0.6) is 0 Å². The third kappa shape index (κ3) is 4.83. The van der Waals surface area contributed by atoms with Crippen molar-refractivity contribution in [3.63, 3.8) is 0 Å². The third-order valence-corrected chi connectivity index (χ3v) is 4.38. The molecule has 0 radical (unpaired) electrons. The van der Waals surface area contributed by atoms with Crippen LogP contribution in [0.4, 0.5) is 10.5 Å². The summed E-state index contributed by atoms with van der Waals surface area (Å²) < 4.78 is 5.49. The number of rotatable bonds is 4. The fourth-order valence-corrected chi connectivity index (χ4v) is 2.96. The van der Waals surface area contributed by atoms with E-state index in [0.29, 0.717) is 0 Å². The molecule has 1 saturated heterocycles. The number of likely N-dealkylation sites (tertiary alicyclic amines) is 1. The molecule has 1 aliphatic heterocycles. The normalized spacial score (nSPS) is 18.4. The van der Waals surface area contributed by atoms with Crippen molar-refractivity contribution in [2.45, 2.75) is 50.2 Å². The topological polar surface area (TPSA) is 41.6 Å². The number of hydrogen-bond acceptors (Lipinski definition) is 4. The lowest BCUT2D eigenvalue weighted by Crippen LogP contribution is -2.42. The SMILES string of the molecule is CSc1ccc(NCC2CCCN2C(=O)OC(C)(C)C)cc1. The van der Waals surface area contributed by atoms with Gasteiger partial charge in [-0.05, 0) is 64.1 Å². The van der Waals surface area contributed by atoms with Gasteiger partial charge in [-0.3, -0.25) is 0 Å². The lowest BCUT2D eigenvalue weighted by atomic mass is 10.2. The van der Waals surface area contributed by atoms with Gasteiger partial charge in [0.1, 0.15) is 5.60 Å². The molecule has 0 aliphatic carbocycles. The maximum Gasteiger partial charge on any atom is 0.410 e. The molecule has 5 heteroatoms. The summed E-state index contributed by atoms with van der Waals surface area (Å²) in [4.78, 5) is 15.3. The van der Waals surface area contributed by atoms with Gasteiger partial charge in [0, 0.05) is 23.7 Å². The van der Waals surface area contributed by atoms with Crippen molar-refractivity contribution in [2.75, 3.05) is 24.7 Å². The Kier molecular flexibility index (Phi) is 5.62. The van der Waals surface area contributed by atoms with Gasteiger partial charge in [0.25, 0.3) is 0 Å². The predicted octanol–water partition coefficient (Wildman–Crippen LogP) is 4.22. The number of nitrogens with zero attached hydrogens (tertiary/aromatic N) is 1. The molecular weight excluding hydrogens is 296 g/mol. The standard InChI is InChI=1S/C17H26N2O2S/c1-17(2,3)21-16(20)19-11-5-6-14(19)12-18-13-7-9-15(22-4)10-8-13/h7-10,14,18H,5-6,11-12H2,1-4H3. The molecule has 0 spiro atoms. The van der Waals surface area contributed by atoms with Crippen LogP contribution in [0.15, 0.2) is 29.2 Å². The monoisotopic (exact) mass is 322 g/mol. The lowest BCUT2D eigenvalue weighted by molar-refractivity contribution is 0.0235. The average molecular weight is 322 g/mol. The molecule has 1 fully saturated rings. The molecule has 1 heterocycles. The van der Waals surface area contributed by atoms with Crippen molar-refractivity contribution in [1.29, 1.82) is 0 Å². The number of hydrogen-bond donors (Lipinski definition) is 1. The van der Waals surface area contributed by atoms with Gasteiger partial charge in [0.2, 0.25) is 0 Å². The summed E-state index contributed by atoms with van der Waals surface area (Å²) >= 11 is 1.73. The molecule has 1 unspecified atom stereocenters. The zero-order valence-corrected chi connectivity index (χ0v) is 14.7. The van der Waals surface area contributed by atoms with Gasteiger partial charge >= 0.3 is 6.09 Å². The zero-order chi connectivity index (χ0) is 16.2. The van der Waals surface area contributed by atoms with Gasteiger partial charge in [-0.25, -0.2) is 4.79 Å². The summed E-state index contributed by atoms with van der Waals surface area (Å²) in [6.45, 7) is 7.26. The minimum Gasteiger partial charge on any atom is -0.444 e. The first-order valence-electron chi connectivity index (χ1n) is 7.76. The number of carbonyl (C=O) groups excluding carboxylic acids is 1. The minimum atomic E-state index is -0.439. The molecule has 1 N–H and O–H groups in total. The summed E-state index contributed by atoms with van der Waals surface area (Å²) in [6, 6.07) is 8.58. The van der Waals surface area contributed by atoms with E-state index in [-0.39, 0.29) is 12.1 Å². The van der Waals surface area contributed by atoms with Gasteiger partial charge in [-0.15, -0.1) is 11.8 Å². The lowest BCUT2D eigenvalue weighted by Gasteiger charge is -2.29. The maximum atomic E-state index is 12.2.